The minimum Gasteiger partial charge on any atom is -0.480 e. The Morgan fingerprint density at radius 3 is 1.85 bits per heavy atom. The summed E-state index contributed by atoms with van der Waals surface area (Å²) in [6.07, 6.45) is -11.3. The van der Waals surface area contributed by atoms with Gasteiger partial charge in [-0.2, -0.15) is 26.3 Å². The van der Waals surface area contributed by atoms with Crippen LogP contribution in [0.25, 0.3) is 0 Å². The molecule has 0 radical (unpaired) electrons. The zero-order valence-corrected chi connectivity index (χ0v) is 13.5. The van der Waals surface area contributed by atoms with E-state index in [2.05, 4.69) is 4.74 Å². The predicted molar refractivity (Wildman–Crippen MR) is 76.0 cm³/mol. The molecule has 0 bridgehead atoms. The van der Waals surface area contributed by atoms with E-state index in [0.717, 1.165) is 0 Å². The Labute approximate surface area is 143 Å². The number of halogens is 6. The molecule has 26 heavy (non-hydrogen) atoms. The van der Waals surface area contributed by atoms with Crippen LogP contribution in [0.4, 0.5) is 31.1 Å². The maximum atomic E-state index is 12.7. The Bertz CT molecular complexity index is 637. The van der Waals surface area contributed by atoms with Crippen LogP contribution in [0.2, 0.25) is 0 Å². The number of hydrogen-bond donors (Lipinski definition) is 2. The van der Waals surface area contributed by atoms with Gasteiger partial charge in [-0.3, -0.25) is 0 Å². The number of amides is 1. The van der Waals surface area contributed by atoms with Crippen LogP contribution in [0.3, 0.4) is 0 Å². The number of alkyl carbamates (subject to hydrolysis) is 1. The Kier molecular flexibility index (Phi) is 6.50. The van der Waals surface area contributed by atoms with Crippen molar-refractivity contribution in [1.29, 1.82) is 0 Å². The standard InChI is InChI=1S/C15H15F6NO4/c1-7(2)11(12(23)24)22-13(25)26-6-8-3-9(14(16,17)18)5-10(4-8)15(19,20)21/h3-5,7,11H,6H2,1-2H3,(H,22,25)(H,23,24). The first kappa shape index (κ1) is 21.6. The molecule has 0 aromatic heterocycles. The summed E-state index contributed by atoms with van der Waals surface area (Å²) in [6.45, 7) is 2.08. The van der Waals surface area contributed by atoms with Crippen LogP contribution in [0.5, 0.6) is 0 Å². The number of carbonyl (C=O) groups is 2. The molecule has 0 fully saturated rings. The first-order valence-corrected chi connectivity index (χ1v) is 7.16. The van der Waals surface area contributed by atoms with E-state index in [4.69, 9.17) is 5.11 Å². The molecule has 0 heterocycles. The highest BCUT2D eigenvalue weighted by molar-refractivity contribution is 5.80. The smallest absolute Gasteiger partial charge is 0.416 e. The third-order valence-electron chi connectivity index (χ3n) is 3.22. The molecule has 1 aromatic rings. The van der Waals surface area contributed by atoms with Crippen LogP contribution in [0.1, 0.15) is 30.5 Å². The maximum Gasteiger partial charge on any atom is 0.416 e. The molecule has 1 rings (SSSR count). The van der Waals surface area contributed by atoms with Gasteiger partial charge in [-0.05, 0) is 29.7 Å². The average Bonchev–Trinajstić information content (AvgIpc) is 2.48. The fourth-order valence-electron chi connectivity index (χ4n) is 1.93. The molecular formula is C15H15F6NO4. The highest BCUT2D eigenvalue weighted by Gasteiger charge is 2.37. The van der Waals surface area contributed by atoms with E-state index in [0.29, 0.717) is 12.1 Å². The molecule has 1 unspecified atom stereocenters. The van der Waals surface area contributed by atoms with Crippen LogP contribution in [0.15, 0.2) is 18.2 Å². The van der Waals surface area contributed by atoms with E-state index >= 15 is 0 Å². The van der Waals surface area contributed by atoms with Gasteiger partial charge in [0.2, 0.25) is 0 Å². The van der Waals surface area contributed by atoms with Crippen molar-refractivity contribution in [2.75, 3.05) is 0 Å². The lowest BCUT2D eigenvalue weighted by atomic mass is 10.1. The number of carboxylic acid groups (broad SMARTS) is 1. The summed E-state index contributed by atoms with van der Waals surface area (Å²) in [6, 6.07) is -0.544. The van der Waals surface area contributed by atoms with Gasteiger partial charge in [-0.1, -0.05) is 13.8 Å². The van der Waals surface area contributed by atoms with E-state index in [-0.39, 0.29) is 6.07 Å². The number of carbonyl (C=O) groups excluding carboxylic acids is 1. The van der Waals surface area contributed by atoms with Gasteiger partial charge in [0, 0.05) is 0 Å². The van der Waals surface area contributed by atoms with Crippen molar-refractivity contribution in [3.63, 3.8) is 0 Å². The molecule has 5 nitrogen and oxygen atoms in total. The lowest BCUT2D eigenvalue weighted by Gasteiger charge is -2.18. The second kappa shape index (κ2) is 7.83. The number of benzene rings is 1. The second-order valence-corrected chi connectivity index (χ2v) is 5.69. The highest BCUT2D eigenvalue weighted by Crippen LogP contribution is 2.36. The van der Waals surface area contributed by atoms with Gasteiger partial charge in [0.15, 0.2) is 0 Å². The predicted octanol–water partition coefficient (Wildman–Crippen LogP) is 4.06. The highest BCUT2D eigenvalue weighted by atomic mass is 19.4. The summed E-state index contributed by atoms with van der Waals surface area (Å²) in [5, 5.41) is 10.9. The number of nitrogens with one attached hydrogen (secondary N) is 1. The third-order valence-corrected chi connectivity index (χ3v) is 3.22. The Balaban J connectivity index is 2.96. The number of carboxylic acids is 1. The van der Waals surface area contributed by atoms with E-state index in [1.165, 1.54) is 13.8 Å². The van der Waals surface area contributed by atoms with Gasteiger partial charge >= 0.3 is 24.4 Å². The fraction of sp³-hybridized carbons (Fsp3) is 0.467. The SMILES string of the molecule is CC(C)C(NC(=O)OCc1cc(C(F)(F)F)cc(C(F)(F)F)c1)C(=O)O. The molecule has 1 aromatic carbocycles. The minimum absolute atomic E-state index is 0.0528. The summed E-state index contributed by atoms with van der Waals surface area (Å²) >= 11 is 0. The first-order valence-electron chi connectivity index (χ1n) is 7.16. The number of hydrogen-bond acceptors (Lipinski definition) is 3. The number of alkyl halides is 6. The number of aliphatic carboxylic acids is 1. The molecule has 0 saturated heterocycles. The van der Waals surface area contributed by atoms with Crippen molar-refractivity contribution < 1.29 is 45.8 Å². The van der Waals surface area contributed by atoms with Crippen LogP contribution < -0.4 is 5.32 Å². The van der Waals surface area contributed by atoms with E-state index in [1.54, 1.807) is 0 Å². The van der Waals surface area contributed by atoms with E-state index < -0.39 is 59.7 Å². The van der Waals surface area contributed by atoms with Crippen molar-refractivity contribution in [2.24, 2.45) is 5.92 Å². The summed E-state index contributed by atoms with van der Waals surface area (Å²) in [7, 11) is 0. The lowest BCUT2D eigenvalue weighted by Crippen LogP contribution is -2.44. The van der Waals surface area contributed by atoms with Gasteiger partial charge in [0.25, 0.3) is 0 Å². The molecular weight excluding hydrogens is 372 g/mol. The zero-order chi connectivity index (χ0) is 20.3. The molecule has 146 valence electrons. The molecule has 1 amide bonds. The monoisotopic (exact) mass is 387 g/mol. The topological polar surface area (TPSA) is 75.6 Å². The minimum atomic E-state index is -5.02. The van der Waals surface area contributed by atoms with Crippen molar-refractivity contribution >= 4 is 12.1 Å². The molecule has 2 N–H and O–H groups in total. The van der Waals surface area contributed by atoms with Gasteiger partial charge in [-0.15, -0.1) is 0 Å². The quantitative estimate of drug-likeness (QED) is 0.748. The first-order chi connectivity index (χ1) is 11.7. The average molecular weight is 387 g/mol. The van der Waals surface area contributed by atoms with Gasteiger partial charge in [0.05, 0.1) is 11.1 Å². The van der Waals surface area contributed by atoms with Crippen LogP contribution in [-0.4, -0.2) is 23.2 Å². The fourth-order valence-corrected chi connectivity index (χ4v) is 1.93. The molecule has 11 heteroatoms. The zero-order valence-electron chi connectivity index (χ0n) is 13.5. The molecule has 0 aliphatic rings. The number of rotatable bonds is 5. The largest absolute Gasteiger partial charge is 0.480 e. The summed E-state index contributed by atoms with van der Waals surface area (Å²) in [5.41, 5.74) is -3.63. The van der Waals surface area contributed by atoms with Crippen LogP contribution >= 0.6 is 0 Å². The van der Waals surface area contributed by atoms with Crippen LogP contribution in [0, 0.1) is 5.92 Å². The van der Waals surface area contributed by atoms with Crippen molar-refractivity contribution in [1.82, 2.24) is 5.32 Å². The van der Waals surface area contributed by atoms with Crippen LogP contribution in [-0.2, 0) is 28.5 Å². The second-order valence-electron chi connectivity index (χ2n) is 5.69. The Hall–Kier alpha value is -2.46. The van der Waals surface area contributed by atoms with E-state index in [1.807, 2.05) is 5.32 Å². The van der Waals surface area contributed by atoms with Crippen molar-refractivity contribution in [3.8, 4) is 0 Å². The summed E-state index contributed by atoms with van der Waals surface area (Å²) in [4.78, 5) is 22.5. The van der Waals surface area contributed by atoms with Crippen molar-refractivity contribution in [2.45, 2.75) is 38.8 Å². The summed E-state index contributed by atoms with van der Waals surface area (Å²) in [5.74, 6) is -1.89. The van der Waals surface area contributed by atoms with Gasteiger partial charge < -0.3 is 15.2 Å². The Morgan fingerprint density at radius 1 is 1.04 bits per heavy atom. The van der Waals surface area contributed by atoms with Gasteiger partial charge in [-0.25, -0.2) is 9.59 Å². The summed E-state index contributed by atoms with van der Waals surface area (Å²) < 4.78 is 80.9. The normalized spacial score (nSPS) is 13.4. The molecule has 0 aliphatic carbocycles. The Morgan fingerprint density at radius 2 is 1.50 bits per heavy atom. The molecule has 0 aliphatic heterocycles. The van der Waals surface area contributed by atoms with Crippen molar-refractivity contribution in [3.05, 3.63) is 34.9 Å². The molecule has 1 atom stereocenters. The molecule has 0 spiro atoms. The molecule has 0 saturated carbocycles. The number of ether oxygens (including phenoxy) is 1. The van der Waals surface area contributed by atoms with E-state index in [9.17, 15) is 35.9 Å². The maximum absolute atomic E-state index is 12.7. The van der Waals surface area contributed by atoms with Gasteiger partial charge in [0.1, 0.15) is 12.6 Å². The third kappa shape index (κ3) is 6.12. The lowest BCUT2D eigenvalue weighted by molar-refractivity contribution is -0.143.